The molecular weight excluding hydrogens is 512 g/mol. The molecule has 4 rings (SSSR count). The lowest BCUT2D eigenvalue weighted by Gasteiger charge is -2.05. The fraction of sp³-hybridized carbons (Fsp3) is 0.0870. The molecule has 36 heavy (non-hydrogen) atoms. The normalized spacial score (nSPS) is 11.4. The number of aromatic amines is 1. The smallest absolute Gasteiger partial charge is 0.342 e. The van der Waals surface area contributed by atoms with Gasteiger partial charge in [-0.1, -0.05) is 11.6 Å². The van der Waals surface area contributed by atoms with Gasteiger partial charge in [-0.05, 0) is 48.2 Å². The van der Waals surface area contributed by atoms with Gasteiger partial charge in [0.2, 0.25) is 5.16 Å². The summed E-state index contributed by atoms with van der Waals surface area (Å²) in [6.07, 6.45) is 1.30. The van der Waals surface area contributed by atoms with Crippen molar-refractivity contribution in [3.05, 3.63) is 74.3 Å². The molecular formula is C23H17ClN4O7S. The zero-order valence-electron chi connectivity index (χ0n) is 18.7. The number of hydrogen-bond donors (Lipinski definition) is 2. The van der Waals surface area contributed by atoms with Gasteiger partial charge in [-0.15, -0.1) is 5.10 Å². The highest BCUT2D eigenvalue weighted by molar-refractivity contribution is 8.04. The van der Waals surface area contributed by atoms with Crippen molar-refractivity contribution in [1.82, 2.24) is 15.2 Å². The van der Waals surface area contributed by atoms with E-state index in [0.717, 1.165) is 11.8 Å². The summed E-state index contributed by atoms with van der Waals surface area (Å²) in [7, 11) is 2.93. The van der Waals surface area contributed by atoms with Gasteiger partial charge in [0.15, 0.2) is 5.82 Å². The molecule has 0 radical (unpaired) electrons. The van der Waals surface area contributed by atoms with Gasteiger partial charge in [-0.2, -0.15) is 0 Å². The third-order valence-corrected chi connectivity index (χ3v) is 5.97. The number of benzene rings is 2. The number of ether oxygens (including phenoxy) is 2. The Kier molecular flexibility index (Phi) is 7.27. The van der Waals surface area contributed by atoms with Gasteiger partial charge in [0, 0.05) is 23.2 Å². The SMILES string of the molecule is COc1ccc(Cl)cc1-c1nc(S/C(=C\c2ccc(-c3cc([N+](=O)[O-])ccc3OC)o2)C(=O)O)n[nH]1. The molecule has 2 aromatic heterocycles. The number of aromatic nitrogens is 3. The molecule has 0 atom stereocenters. The maximum absolute atomic E-state index is 11.9. The van der Waals surface area contributed by atoms with Gasteiger partial charge in [-0.25, -0.2) is 9.78 Å². The molecule has 13 heteroatoms. The standard InChI is InChI=1S/C23H17ClN4O7S/c1-33-17-7-4-13(28(31)32)10-15(17)19-8-5-14(35-19)11-20(22(29)30)36-23-25-21(26-27-23)16-9-12(24)3-6-18(16)34-2/h3-11H,1-2H3,(H,29,30)(H,25,26,27)/b20-11-. The van der Waals surface area contributed by atoms with Crippen LogP contribution in [0.4, 0.5) is 5.69 Å². The van der Waals surface area contributed by atoms with Crippen molar-refractivity contribution in [2.45, 2.75) is 5.16 Å². The number of carboxylic acids is 1. The van der Waals surface area contributed by atoms with Gasteiger partial charge >= 0.3 is 5.97 Å². The van der Waals surface area contributed by atoms with Crippen LogP contribution in [0, 0.1) is 10.1 Å². The maximum Gasteiger partial charge on any atom is 0.342 e. The fourth-order valence-electron chi connectivity index (χ4n) is 3.22. The first-order valence-corrected chi connectivity index (χ1v) is 11.3. The lowest BCUT2D eigenvalue weighted by Crippen LogP contribution is -1.97. The number of nitro groups is 1. The molecule has 11 nitrogen and oxygen atoms in total. The van der Waals surface area contributed by atoms with Crippen molar-refractivity contribution in [2.75, 3.05) is 14.2 Å². The molecule has 0 aliphatic heterocycles. The second-order valence-corrected chi connectivity index (χ2v) is 8.52. The van der Waals surface area contributed by atoms with Crippen LogP contribution in [0.25, 0.3) is 28.8 Å². The van der Waals surface area contributed by atoms with E-state index in [9.17, 15) is 20.0 Å². The van der Waals surface area contributed by atoms with E-state index in [2.05, 4.69) is 15.2 Å². The number of aliphatic carboxylic acids is 1. The van der Waals surface area contributed by atoms with E-state index in [1.165, 1.54) is 44.6 Å². The molecule has 0 spiro atoms. The largest absolute Gasteiger partial charge is 0.496 e. The second kappa shape index (κ2) is 10.5. The van der Waals surface area contributed by atoms with E-state index in [0.29, 0.717) is 33.5 Å². The van der Waals surface area contributed by atoms with Crippen molar-refractivity contribution in [1.29, 1.82) is 0 Å². The minimum Gasteiger partial charge on any atom is -0.496 e. The van der Waals surface area contributed by atoms with Crippen molar-refractivity contribution in [2.24, 2.45) is 0 Å². The van der Waals surface area contributed by atoms with Crippen LogP contribution in [0.15, 0.2) is 63.0 Å². The van der Waals surface area contributed by atoms with Crippen LogP contribution in [-0.2, 0) is 4.79 Å². The highest BCUT2D eigenvalue weighted by Gasteiger charge is 2.19. The number of carboxylic acid groups (broad SMARTS) is 1. The summed E-state index contributed by atoms with van der Waals surface area (Å²) in [4.78, 5) is 26.7. The summed E-state index contributed by atoms with van der Waals surface area (Å²) < 4.78 is 16.3. The van der Waals surface area contributed by atoms with Gasteiger partial charge in [-0.3, -0.25) is 15.2 Å². The van der Waals surface area contributed by atoms with Crippen LogP contribution >= 0.6 is 23.4 Å². The summed E-state index contributed by atoms with van der Waals surface area (Å²) in [5.74, 6) is 0.474. The summed E-state index contributed by atoms with van der Waals surface area (Å²) in [6.45, 7) is 0. The van der Waals surface area contributed by atoms with Gasteiger partial charge in [0.05, 0.1) is 30.3 Å². The minimum atomic E-state index is -1.22. The Labute approximate surface area is 212 Å². The van der Waals surface area contributed by atoms with Crippen molar-refractivity contribution >= 4 is 41.1 Å². The quantitative estimate of drug-likeness (QED) is 0.123. The van der Waals surface area contributed by atoms with Gasteiger partial charge in [0.1, 0.15) is 27.9 Å². The predicted octanol–water partition coefficient (Wildman–Crippen LogP) is 5.53. The van der Waals surface area contributed by atoms with E-state index in [1.807, 2.05) is 0 Å². The van der Waals surface area contributed by atoms with Crippen LogP contribution in [0.2, 0.25) is 5.02 Å². The molecule has 2 aromatic carbocycles. The number of nitrogens with zero attached hydrogens (tertiary/aromatic N) is 3. The van der Waals surface area contributed by atoms with E-state index < -0.39 is 10.9 Å². The Bertz CT molecular complexity index is 1480. The Balaban J connectivity index is 1.62. The molecule has 0 aliphatic rings. The molecule has 184 valence electrons. The molecule has 0 saturated carbocycles. The first-order valence-electron chi connectivity index (χ1n) is 10.1. The predicted molar refractivity (Wildman–Crippen MR) is 132 cm³/mol. The van der Waals surface area contributed by atoms with E-state index in [-0.39, 0.29) is 27.3 Å². The Morgan fingerprint density at radius 3 is 2.56 bits per heavy atom. The third-order valence-electron chi connectivity index (χ3n) is 4.85. The number of methoxy groups -OCH3 is 2. The van der Waals surface area contributed by atoms with Gasteiger partial charge < -0.3 is 19.0 Å². The van der Waals surface area contributed by atoms with Crippen LogP contribution in [0.3, 0.4) is 0 Å². The van der Waals surface area contributed by atoms with E-state index in [4.69, 9.17) is 25.5 Å². The second-order valence-electron chi connectivity index (χ2n) is 7.07. The molecule has 0 saturated heterocycles. The highest BCUT2D eigenvalue weighted by atomic mass is 35.5. The molecule has 0 unspecified atom stereocenters. The highest BCUT2D eigenvalue weighted by Crippen LogP contribution is 2.36. The molecule has 2 N–H and O–H groups in total. The van der Waals surface area contributed by atoms with Crippen molar-refractivity contribution in [3.63, 3.8) is 0 Å². The van der Waals surface area contributed by atoms with Crippen LogP contribution in [0.1, 0.15) is 5.76 Å². The molecule has 4 aromatic rings. The van der Waals surface area contributed by atoms with Crippen LogP contribution in [0.5, 0.6) is 11.5 Å². The van der Waals surface area contributed by atoms with E-state index >= 15 is 0 Å². The average molecular weight is 529 g/mol. The molecule has 0 aliphatic carbocycles. The molecule has 0 bridgehead atoms. The molecule has 2 heterocycles. The average Bonchev–Trinajstić information content (AvgIpc) is 3.53. The Morgan fingerprint density at radius 1 is 1.14 bits per heavy atom. The fourth-order valence-corrected chi connectivity index (χ4v) is 4.08. The summed E-state index contributed by atoms with van der Waals surface area (Å²) >= 11 is 6.88. The summed E-state index contributed by atoms with van der Waals surface area (Å²) in [6, 6.07) is 12.2. The monoisotopic (exact) mass is 528 g/mol. The van der Waals surface area contributed by atoms with Crippen molar-refractivity contribution in [3.8, 4) is 34.2 Å². The maximum atomic E-state index is 11.9. The van der Waals surface area contributed by atoms with E-state index in [1.54, 1.807) is 24.3 Å². The number of non-ortho nitro benzene ring substituents is 1. The van der Waals surface area contributed by atoms with Crippen LogP contribution in [-0.4, -0.2) is 45.4 Å². The zero-order chi connectivity index (χ0) is 25.8. The summed E-state index contributed by atoms with van der Waals surface area (Å²) in [5, 5.41) is 28.3. The van der Waals surface area contributed by atoms with Crippen molar-refractivity contribution < 1.29 is 28.7 Å². The number of rotatable bonds is 9. The number of furan rings is 1. The number of halogens is 1. The first-order chi connectivity index (χ1) is 17.3. The summed E-state index contributed by atoms with van der Waals surface area (Å²) in [5.41, 5.74) is 0.773. The number of H-pyrrole nitrogens is 1. The number of nitro benzene ring substituents is 1. The third kappa shape index (κ3) is 5.34. The number of hydrogen-bond acceptors (Lipinski definition) is 9. The minimum absolute atomic E-state index is 0.120. The topological polar surface area (TPSA) is 154 Å². The Hall–Kier alpha value is -4.29. The number of carbonyl (C=O) groups is 1. The number of nitrogens with one attached hydrogen (secondary N) is 1. The molecule has 0 fully saturated rings. The van der Waals surface area contributed by atoms with Gasteiger partial charge in [0.25, 0.3) is 5.69 Å². The Morgan fingerprint density at radius 2 is 1.86 bits per heavy atom. The first kappa shape index (κ1) is 24.8. The number of thioether (sulfide) groups is 1. The zero-order valence-corrected chi connectivity index (χ0v) is 20.3. The lowest BCUT2D eigenvalue weighted by atomic mass is 10.1. The lowest BCUT2D eigenvalue weighted by molar-refractivity contribution is -0.384. The van der Waals surface area contributed by atoms with Crippen LogP contribution < -0.4 is 9.47 Å². The molecule has 0 amide bonds.